The molecule has 0 saturated heterocycles. The molecule has 0 fully saturated rings. The van der Waals surface area contributed by atoms with Crippen LogP contribution in [-0.2, 0) is 4.74 Å². The van der Waals surface area contributed by atoms with Crippen molar-refractivity contribution in [1.29, 1.82) is 0 Å². The Labute approximate surface area is 134 Å². The van der Waals surface area contributed by atoms with Gasteiger partial charge in [0.15, 0.2) is 11.7 Å². The number of ether oxygens (including phenoxy) is 1. The molecular formula is C17H17N5O. The molecule has 0 amide bonds. The summed E-state index contributed by atoms with van der Waals surface area (Å²) in [5.41, 5.74) is 8.99. The average Bonchev–Trinajstić information content (AvgIpc) is 2.55. The van der Waals surface area contributed by atoms with Crippen molar-refractivity contribution in [2.45, 2.75) is 6.92 Å². The van der Waals surface area contributed by atoms with Crippen LogP contribution in [0.25, 0.3) is 22.3 Å². The smallest absolute Gasteiger partial charge is 0.184 e. The molecule has 2 aromatic heterocycles. The second-order valence-corrected chi connectivity index (χ2v) is 4.86. The molecule has 0 aliphatic carbocycles. The number of aromatic nitrogens is 3. The SMILES string of the molecule is C=C(Nc1cc2ncc(-c3ccccc3)nc2c(N)n1)OCC. The highest BCUT2D eigenvalue weighted by Crippen LogP contribution is 2.24. The van der Waals surface area contributed by atoms with E-state index in [0.29, 0.717) is 35.2 Å². The van der Waals surface area contributed by atoms with E-state index in [2.05, 4.69) is 26.8 Å². The summed E-state index contributed by atoms with van der Waals surface area (Å²) in [4.78, 5) is 13.3. The molecule has 3 rings (SSSR count). The Morgan fingerprint density at radius 3 is 2.78 bits per heavy atom. The number of nitrogens with two attached hydrogens (primary N) is 1. The highest BCUT2D eigenvalue weighted by molar-refractivity contribution is 5.88. The van der Waals surface area contributed by atoms with Gasteiger partial charge in [-0.15, -0.1) is 0 Å². The Morgan fingerprint density at radius 1 is 1.26 bits per heavy atom. The second kappa shape index (κ2) is 6.31. The molecule has 116 valence electrons. The Hall–Kier alpha value is -3.15. The maximum absolute atomic E-state index is 6.03. The maximum atomic E-state index is 6.03. The summed E-state index contributed by atoms with van der Waals surface area (Å²) in [6.07, 6.45) is 1.72. The van der Waals surface area contributed by atoms with Crippen LogP contribution < -0.4 is 11.1 Å². The largest absolute Gasteiger partial charge is 0.480 e. The predicted octanol–water partition coefficient (Wildman–Crippen LogP) is 3.19. The molecule has 0 aliphatic rings. The van der Waals surface area contributed by atoms with Gasteiger partial charge >= 0.3 is 0 Å². The van der Waals surface area contributed by atoms with Crippen LogP contribution >= 0.6 is 0 Å². The van der Waals surface area contributed by atoms with E-state index in [1.165, 1.54) is 0 Å². The van der Waals surface area contributed by atoms with Gasteiger partial charge < -0.3 is 15.8 Å². The van der Waals surface area contributed by atoms with Gasteiger partial charge in [-0.05, 0) is 13.5 Å². The molecule has 0 atom stereocenters. The van der Waals surface area contributed by atoms with Gasteiger partial charge in [0, 0.05) is 11.6 Å². The lowest BCUT2D eigenvalue weighted by molar-refractivity contribution is 0.236. The maximum Gasteiger partial charge on any atom is 0.184 e. The first kappa shape index (κ1) is 14.8. The van der Waals surface area contributed by atoms with Gasteiger partial charge in [-0.3, -0.25) is 4.98 Å². The van der Waals surface area contributed by atoms with Gasteiger partial charge in [0.1, 0.15) is 11.3 Å². The lowest BCUT2D eigenvalue weighted by Crippen LogP contribution is -2.06. The molecule has 0 bridgehead atoms. The van der Waals surface area contributed by atoms with Crippen molar-refractivity contribution < 1.29 is 4.74 Å². The van der Waals surface area contributed by atoms with Crippen LogP contribution in [0.15, 0.2) is 55.1 Å². The Balaban J connectivity index is 1.98. The number of pyridine rings is 1. The van der Waals surface area contributed by atoms with Gasteiger partial charge in [0.05, 0.1) is 24.0 Å². The van der Waals surface area contributed by atoms with Crippen molar-refractivity contribution in [2.75, 3.05) is 17.7 Å². The van der Waals surface area contributed by atoms with Crippen LogP contribution in [-0.4, -0.2) is 21.6 Å². The van der Waals surface area contributed by atoms with Crippen LogP contribution in [0.2, 0.25) is 0 Å². The average molecular weight is 307 g/mol. The Kier molecular flexibility index (Phi) is 4.05. The highest BCUT2D eigenvalue weighted by Gasteiger charge is 2.09. The van der Waals surface area contributed by atoms with Crippen LogP contribution in [0.5, 0.6) is 0 Å². The van der Waals surface area contributed by atoms with E-state index in [1.54, 1.807) is 12.3 Å². The number of hydrogen-bond donors (Lipinski definition) is 2. The monoisotopic (exact) mass is 307 g/mol. The minimum Gasteiger partial charge on any atom is -0.480 e. The van der Waals surface area contributed by atoms with Crippen molar-refractivity contribution in [1.82, 2.24) is 15.0 Å². The molecule has 3 N–H and O–H groups in total. The quantitative estimate of drug-likeness (QED) is 0.704. The molecule has 6 nitrogen and oxygen atoms in total. The van der Waals surface area contributed by atoms with E-state index in [4.69, 9.17) is 10.5 Å². The van der Waals surface area contributed by atoms with Crippen molar-refractivity contribution in [2.24, 2.45) is 0 Å². The predicted molar refractivity (Wildman–Crippen MR) is 91.6 cm³/mol. The summed E-state index contributed by atoms with van der Waals surface area (Å²) >= 11 is 0. The third kappa shape index (κ3) is 3.21. The van der Waals surface area contributed by atoms with Crippen molar-refractivity contribution >= 4 is 22.7 Å². The van der Waals surface area contributed by atoms with Gasteiger partial charge in [0.2, 0.25) is 0 Å². The number of nitrogen functional groups attached to an aromatic ring is 1. The molecular weight excluding hydrogens is 290 g/mol. The lowest BCUT2D eigenvalue weighted by Gasteiger charge is -2.11. The van der Waals surface area contributed by atoms with E-state index < -0.39 is 0 Å². The first-order chi connectivity index (χ1) is 11.2. The number of hydrogen-bond acceptors (Lipinski definition) is 6. The fraction of sp³-hybridized carbons (Fsp3) is 0.118. The molecule has 3 aromatic rings. The zero-order valence-electron chi connectivity index (χ0n) is 12.8. The number of rotatable bonds is 5. The van der Waals surface area contributed by atoms with Crippen LogP contribution in [0, 0.1) is 0 Å². The zero-order valence-corrected chi connectivity index (χ0v) is 12.8. The van der Waals surface area contributed by atoms with E-state index in [0.717, 1.165) is 11.3 Å². The van der Waals surface area contributed by atoms with Gasteiger partial charge in [0.25, 0.3) is 0 Å². The summed E-state index contributed by atoms with van der Waals surface area (Å²) in [6, 6.07) is 11.6. The summed E-state index contributed by atoms with van der Waals surface area (Å²) < 4.78 is 5.25. The zero-order chi connectivity index (χ0) is 16.2. The number of anilines is 2. The summed E-state index contributed by atoms with van der Waals surface area (Å²) in [6.45, 7) is 6.16. The summed E-state index contributed by atoms with van der Waals surface area (Å²) in [7, 11) is 0. The van der Waals surface area contributed by atoms with Gasteiger partial charge in [-0.25, -0.2) is 9.97 Å². The van der Waals surface area contributed by atoms with E-state index >= 15 is 0 Å². The topological polar surface area (TPSA) is 86.0 Å². The molecule has 2 heterocycles. The minimum absolute atomic E-state index is 0.305. The highest BCUT2D eigenvalue weighted by atomic mass is 16.5. The molecule has 0 radical (unpaired) electrons. The van der Waals surface area contributed by atoms with Gasteiger partial charge in [-0.2, -0.15) is 0 Å². The molecule has 6 heteroatoms. The molecule has 0 spiro atoms. The van der Waals surface area contributed by atoms with Crippen LogP contribution in [0.3, 0.4) is 0 Å². The molecule has 0 aliphatic heterocycles. The fourth-order valence-corrected chi connectivity index (χ4v) is 2.20. The van der Waals surface area contributed by atoms with E-state index in [1.807, 2.05) is 37.3 Å². The third-order valence-corrected chi connectivity index (χ3v) is 3.21. The first-order valence-corrected chi connectivity index (χ1v) is 7.25. The number of benzene rings is 1. The molecule has 0 unspecified atom stereocenters. The Bertz CT molecular complexity index is 848. The molecule has 0 saturated carbocycles. The van der Waals surface area contributed by atoms with Crippen LogP contribution in [0.1, 0.15) is 6.92 Å². The summed E-state index contributed by atoms with van der Waals surface area (Å²) in [5.74, 6) is 1.24. The van der Waals surface area contributed by atoms with E-state index in [-0.39, 0.29) is 0 Å². The van der Waals surface area contributed by atoms with Crippen molar-refractivity contribution in [3.05, 3.63) is 55.1 Å². The lowest BCUT2D eigenvalue weighted by atomic mass is 10.1. The van der Waals surface area contributed by atoms with Crippen LogP contribution in [0.4, 0.5) is 11.6 Å². The standard InChI is InChI=1S/C17H17N5O/c1-3-23-11(2)20-15-9-13-16(17(18)22-15)21-14(10-19-13)12-7-5-4-6-8-12/h4-10H,2-3H2,1H3,(H3,18,20,22). The Morgan fingerprint density at radius 2 is 2.04 bits per heavy atom. The van der Waals surface area contributed by atoms with Gasteiger partial charge in [-0.1, -0.05) is 30.3 Å². The molecule has 1 aromatic carbocycles. The molecule has 23 heavy (non-hydrogen) atoms. The summed E-state index contributed by atoms with van der Waals surface area (Å²) in [5, 5.41) is 2.95. The third-order valence-electron chi connectivity index (χ3n) is 3.21. The number of fused-ring (bicyclic) bond motifs is 1. The van der Waals surface area contributed by atoms with Crippen molar-refractivity contribution in [3.8, 4) is 11.3 Å². The minimum atomic E-state index is 0.305. The fourth-order valence-electron chi connectivity index (χ4n) is 2.20. The number of nitrogens with one attached hydrogen (secondary N) is 1. The van der Waals surface area contributed by atoms with Crippen molar-refractivity contribution in [3.63, 3.8) is 0 Å². The van der Waals surface area contributed by atoms with E-state index in [9.17, 15) is 0 Å². The number of nitrogens with zero attached hydrogens (tertiary/aromatic N) is 3. The normalized spacial score (nSPS) is 10.5. The second-order valence-electron chi connectivity index (χ2n) is 4.86. The first-order valence-electron chi connectivity index (χ1n) is 7.25.